The van der Waals surface area contributed by atoms with Gasteiger partial charge in [-0.05, 0) is 31.5 Å². The first-order chi connectivity index (χ1) is 13.2. The molecule has 2 aliphatic rings. The van der Waals surface area contributed by atoms with E-state index in [-0.39, 0.29) is 6.04 Å². The van der Waals surface area contributed by atoms with Gasteiger partial charge in [0, 0.05) is 18.7 Å². The largest absolute Gasteiger partial charge is 0.362 e. The van der Waals surface area contributed by atoms with Crippen LogP contribution in [-0.2, 0) is 19.5 Å². The fourth-order valence-electron chi connectivity index (χ4n) is 4.33. The van der Waals surface area contributed by atoms with E-state index in [0.29, 0.717) is 17.8 Å². The molecule has 3 aromatic heterocycles. The summed E-state index contributed by atoms with van der Waals surface area (Å²) in [4.78, 5) is 2.20. The van der Waals surface area contributed by atoms with Gasteiger partial charge in [-0.2, -0.15) is 15.5 Å². The smallest absolute Gasteiger partial charge is 0.171 e. The first-order valence-electron chi connectivity index (χ1n) is 9.32. The summed E-state index contributed by atoms with van der Waals surface area (Å²) in [7, 11) is 0. The van der Waals surface area contributed by atoms with Crippen LogP contribution in [0.15, 0.2) is 18.3 Å². The Morgan fingerprint density at radius 2 is 2.30 bits per heavy atom. The van der Waals surface area contributed by atoms with E-state index in [1.807, 2.05) is 6.07 Å². The normalized spacial score (nSPS) is 19.0. The summed E-state index contributed by atoms with van der Waals surface area (Å²) in [5.74, 6) is -0.402. The molecule has 8 heteroatoms. The van der Waals surface area contributed by atoms with Crippen LogP contribution in [0.3, 0.4) is 0 Å². The lowest BCUT2D eigenvalue weighted by Gasteiger charge is -2.36. The van der Waals surface area contributed by atoms with E-state index in [0.717, 1.165) is 43.9 Å². The number of hydrogen-bond acceptors (Lipinski definition) is 5. The van der Waals surface area contributed by atoms with Crippen LogP contribution in [0.1, 0.15) is 42.0 Å². The second-order valence-electron chi connectivity index (χ2n) is 7.15. The maximum absolute atomic E-state index is 14.5. The Kier molecular flexibility index (Phi) is 3.65. The third-order valence-corrected chi connectivity index (χ3v) is 5.68. The van der Waals surface area contributed by atoms with Crippen LogP contribution >= 0.6 is 0 Å². The third kappa shape index (κ3) is 2.35. The third-order valence-electron chi connectivity index (χ3n) is 5.68. The minimum atomic E-state index is -0.402. The molecular formula is C19H20FN7. The molecule has 0 spiro atoms. The first-order valence-corrected chi connectivity index (χ1v) is 9.32. The van der Waals surface area contributed by atoms with Crippen molar-refractivity contribution in [3.63, 3.8) is 0 Å². The Balaban J connectivity index is 1.64. The topological polar surface area (TPSA) is 74.2 Å². The van der Waals surface area contributed by atoms with E-state index in [4.69, 9.17) is 5.10 Å². The van der Waals surface area contributed by atoms with Gasteiger partial charge in [0.15, 0.2) is 5.82 Å². The molecule has 5 heterocycles. The SMILES string of the molecule is CCC1CN(c2ccc(C#N)n3ncc(F)c23)Cc2c3c(nn21)CNCC3. The quantitative estimate of drug-likeness (QED) is 0.753. The number of rotatable bonds is 2. The fourth-order valence-corrected chi connectivity index (χ4v) is 4.33. The summed E-state index contributed by atoms with van der Waals surface area (Å²) in [6.45, 7) is 5.37. The van der Waals surface area contributed by atoms with Gasteiger partial charge in [0.1, 0.15) is 17.3 Å². The molecule has 0 radical (unpaired) electrons. The highest BCUT2D eigenvalue weighted by Crippen LogP contribution is 2.34. The van der Waals surface area contributed by atoms with Crippen LogP contribution in [0.25, 0.3) is 5.52 Å². The zero-order valence-electron chi connectivity index (χ0n) is 15.1. The molecule has 7 nitrogen and oxygen atoms in total. The van der Waals surface area contributed by atoms with E-state index in [1.165, 1.54) is 22.0 Å². The summed E-state index contributed by atoms with van der Waals surface area (Å²) in [6.07, 6.45) is 3.10. The number of anilines is 1. The maximum atomic E-state index is 14.5. The molecule has 27 heavy (non-hydrogen) atoms. The van der Waals surface area contributed by atoms with E-state index in [1.54, 1.807) is 6.07 Å². The molecule has 0 aliphatic carbocycles. The molecule has 138 valence electrons. The van der Waals surface area contributed by atoms with Crippen LogP contribution in [0.2, 0.25) is 0 Å². The molecule has 5 rings (SSSR count). The summed E-state index contributed by atoms with van der Waals surface area (Å²) in [5, 5.41) is 21.6. The van der Waals surface area contributed by atoms with Crippen molar-refractivity contribution in [3.8, 4) is 6.07 Å². The summed E-state index contributed by atoms with van der Waals surface area (Å²) in [6, 6.07) is 5.87. The van der Waals surface area contributed by atoms with Gasteiger partial charge in [-0.25, -0.2) is 8.91 Å². The summed E-state index contributed by atoms with van der Waals surface area (Å²) >= 11 is 0. The van der Waals surface area contributed by atoms with Gasteiger partial charge in [-0.15, -0.1) is 0 Å². The highest BCUT2D eigenvalue weighted by atomic mass is 19.1. The number of fused-ring (bicyclic) bond motifs is 4. The minimum absolute atomic E-state index is 0.237. The average Bonchev–Trinajstić information content (AvgIpc) is 3.28. The number of pyridine rings is 1. The Labute approximate surface area is 156 Å². The highest BCUT2D eigenvalue weighted by molar-refractivity contribution is 5.75. The molecule has 0 aromatic carbocycles. The minimum Gasteiger partial charge on any atom is -0.362 e. The molecular weight excluding hydrogens is 345 g/mol. The van der Waals surface area contributed by atoms with Gasteiger partial charge in [0.25, 0.3) is 0 Å². The summed E-state index contributed by atoms with van der Waals surface area (Å²) < 4.78 is 18.1. The molecule has 0 fully saturated rings. The van der Waals surface area contributed by atoms with Gasteiger partial charge < -0.3 is 10.2 Å². The van der Waals surface area contributed by atoms with Crippen molar-refractivity contribution < 1.29 is 4.39 Å². The molecule has 1 N–H and O–H groups in total. The van der Waals surface area contributed by atoms with Crippen LogP contribution in [0.5, 0.6) is 0 Å². The molecule has 0 bridgehead atoms. The zero-order valence-corrected chi connectivity index (χ0v) is 15.1. The van der Waals surface area contributed by atoms with E-state index in [9.17, 15) is 9.65 Å². The fraction of sp³-hybridized carbons (Fsp3) is 0.421. The standard InChI is InChI=1S/C19H20FN7/c1-2-12-10-25(11-18-14-5-6-22-9-16(14)24-26(12)18)17-4-3-13(7-21)27-19(17)15(20)8-23-27/h3-4,8,12,22H,2,5-6,9-11H2,1H3. The molecule has 0 amide bonds. The number of halogens is 1. The molecule has 0 saturated carbocycles. The van der Waals surface area contributed by atoms with Gasteiger partial charge in [0.05, 0.1) is 35.9 Å². The van der Waals surface area contributed by atoms with E-state index >= 15 is 0 Å². The number of nitrogens with zero attached hydrogens (tertiary/aromatic N) is 6. The van der Waals surface area contributed by atoms with Crippen molar-refractivity contribution >= 4 is 11.2 Å². The number of aromatic nitrogens is 4. The number of nitriles is 1. The average molecular weight is 365 g/mol. The van der Waals surface area contributed by atoms with E-state index in [2.05, 4.69) is 33.0 Å². The van der Waals surface area contributed by atoms with E-state index < -0.39 is 5.82 Å². The van der Waals surface area contributed by atoms with Crippen molar-refractivity contribution in [1.82, 2.24) is 24.7 Å². The molecule has 2 aliphatic heterocycles. The predicted octanol–water partition coefficient (Wildman–Crippen LogP) is 2.16. The van der Waals surface area contributed by atoms with Crippen LogP contribution in [-0.4, -0.2) is 32.5 Å². The second-order valence-corrected chi connectivity index (χ2v) is 7.15. The first kappa shape index (κ1) is 16.3. The van der Waals surface area contributed by atoms with Crippen molar-refractivity contribution in [2.45, 2.75) is 38.9 Å². The Hall–Kier alpha value is -2.92. The van der Waals surface area contributed by atoms with Crippen LogP contribution in [0.4, 0.5) is 10.1 Å². The lowest BCUT2D eigenvalue weighted by Crippen LogP contribution is -2.38. The lowest BCUT2D eigenvalue weighted by molar-refractivity contribution is 0.386. The Bertz CT molecular complexity index is 1070. The van der Waals surface area contributed by atoms with Crippen molar-refractivity contribution in [3.05, 3.63) is 46.8 Å². The molecule has 1 unspecified atom stereocenters. The van der Waals surface area contributed by atoms with Crippen LogP contribution < -0.4 is 10.2 Å². The molecule has 0 saturated heterocycles. The zero-order chi connectivity index (χ0) is 18.5. The van der Waals surface area contributed by atoms with Crippen molar-refractivity contribution in [2.75, 3.05) is 18.0 Å². The highest BCUT2D eigenvalue weighted by Gasteiger charge is 2.31. The number of nitrogens with one attached hydrogen (secondary N) is 1. The van der Waals surface area contributed by atoms with Gasteiger partial charge in [-0.3, -0.25) is 4.68 Å². The molecule has 3 aromatic rings. The second kappa shape index (κ2) is 6.06. The van der Waals surface area contributed by atoms with Gasteiger partial charge >= 0.3 is 0 Å². The monoisotopic (exact) mass is 365 g/mol. The maximum Gasteiger partial charge on any atom is 0.171 e. The predicted molar refractivity (Wildman–Crippen MR) is 97.9 cm³/mol. The van der Waals surface area contributed by atoms with Gasteiger partial charge in [0.2, 0.25) is 0 Å². The Morgan fingerprint density at radius 3 is 3.11 bits per heavy atom. The Morgan fingerprint density at radius 1 is 1.41 bits per heavy atom. The van der Waals surface area contributed by atoms with Gasteiger partial charge in [-0.1, -0.05) is 6.92 Å². The van der Waals surface area contributed by atoms with Crippen molar-refractivity contribution in [2.24, 2.45) is 0 Å². The lowest BCUT2D eigenvalue weighted by atomic mass is 10.0. The molecule has 1 atom stereocenters. The number of hydrogen-bond donors (Lipinski definition) is 1. The summed E-state index contributed by atoms with van der Waals surface area (Å²) in [5.41, 5.74) is 5.17. The van der Waals surface area contributed by atoms with Crippen LogP contribution in [0, 0.1) is 17.1 Å². The van der Waals surface area contributed by atoms with Crippen molar-refractivity contribution in [1.29, 1.82) is 5.26 Å².